The van der Waals surface area contributed by atoms with E-state index in [1.165, 1.54) is 12.8 Å². The van der Waals surface area contributed by atoms with Crippen molar-refractivity contribution in [1.82, 2.24) is 15.5 Å². The van der Waals surface area contributed by atoms with Crippen LogP contribution in [0.2, 0.25) is 0 Å². The van der Waals surface area contributed by atoms with E-state index in [1.807, 2.05) is 11.9 Å². The summed E-state index contributed by atoms with van der Waals surface area (Å²) in [6.07, 6.45) is 2.52. The average molecular weight is 241 g/mol. The van der Waals surface area contributed by atoms with Gasteiger partial charge in [-0.25, -0.2) is 0 Å². The average Bonchev–Trinajstić information content (AvgIpc) is 2.27. The molecule has 0 aromatic rings. The molecule has 2 N–H and O–H groups in total. The van der Waals surface area contributed by atoms with Gasteiger partial charge in [0.25, 0.3) is 0 Å². The molecule has 1 fully saturated rings. The molecule has 1 rings (SSSR count). The summed E-state index contributed by atoms with van der Waals surface area (Å²) in [6.45, 7) is 8.76. The van der Waals surface area contributed by atoms with Crippen LogP contribution in [-0.4, -0.2) is 49.6 Å². The number of nitrogens with zero attached hydrogens (tertiary/aromatic N) is 1. The van der Waals surface area contributed by atoms with Gasteiger partial charge in [-0.3, -0.25) is 9.69 Å². The minimum atomic E-state index is 0.126. The third-order valence-corrected chi connectivity index (χ3v) is 3.72. The second kappa shape index (κ2) is 6.97. The first kappa shape index (κ1) is 14.5. The lowest BCUT2D eigenvalue weighted by atomic mass is 9.93. The molecule has 0 bridgehead atoms. The normalized spacial score (nSPS) is 25.3. The van der Waals surface area contributed by atoms with Gasteiger partial charge in [-0.1, -0.05) is 6.92 Å². The maximum atomic E-state index is 11.7. The third-order valence-electron chi connectivity index (χ3n) is 3.72. The van der Waals surface area contributed by atoms with Gasteiger partial charge in [-0.2, -0.15) is 0 Å². The van der Waals surface area contributed by atoms with Gasteiger partial charge >= 0.3 is 0 Å². The number of nitrogens with one attached hydrogen (secondary N) is 2. The summed E-state index contributed by atoms with van der Waals surface area (Å²) in [7, 11) is 1.98. The molecule has 0 saturated carbocycles. The monoisotopic (exact) mass is 241 g/mol. The van der Waals surface area contributed by atoms with Crippen molar-refractivity contribution >= 4 is 5.91 Å². The van der Waals surface area contributed by atoms with E-state index in [4.69, 9.17) is 0 Å². The Morgan fingerprint density at radius 3 is 2.82 bits per heavy atom. The van der Waals surface area contributed by atoms with Gasteiger partial charge < -0.3 is 10.6 Å². The molecular formula is C13H27N3O. The molecule has 1 aliphatic rings. The predicted octanol–water partition coefficient (Wildman–Crippen LogP) is 0.831. The maximum absolute atomic E-state index is 11.7. The van der Waals surface area contributed by atoms with Crippen molar-refractivity contribution in [2.45, 2.75) is 45.7 Å². The first-order valence-corrected chi connectivity index (χ1v) is 6.71. The molecule has 1 aliphatic heterocycles. The number of amides is 1. The fraction of sp³-hybridized carbons (Fsp3) is 0.923. The van der Waals surface area contributed by atoms with Crippen LogP contribution in [0.25, 0.3) is 0 Å². The van der Waals surface area contributed by atoms with E-state index in [0.29, 0.717) is 24.5 Å². The van der Waals surface area contributed by atoms with Crippen molar-refractivity contribution in [2.75, 3.05) is 26.7 Å². The standard InChI is InChI=1S/C13H27N3O/c1-10(2)16(4)9-13(17)15-8-12-11(3)6-5-7-14-12/h10-12,14H,5-9H2,1-4H3,(H,15,17)/t11-,12+/m0/s1. The van der Waals surface area contributed by atoms with Crippen LogP contribution in [0.1, 0.15) is 33.6 Å². The van der Waals surface area contributed by atoms with Crippen molar-refractivity contribution in [3.8, 4) is 0 Å². The number of carbonyl (C=O) groups is 1. The zero-order valence-corrected chi connectivity index (χ0v) is 11.6. The highest BCUT2D eigenvalue weighted by Gasteiger charge is 2.21. The Kier molecular flexibility index (Phi) is 5.92. The zero-order valence-electron chi connectivity index (χ0n) is 11.6. The van der Waals surface area contributed by atoms with E-state index in [-0.39, 0.29) is 5.91 Å². The van der Waals surface area contributed by atoms with E-state index in [0.717, 1.165) is 13.1 Å². The molecule has 17 heavy (non-hydrogen) atoms. The summed E-state index contributed by atoms with van der Waals surface area (Å²) in [4.78, 5) is 13.8. The van der Waals surface area contributed by atoms with Crippen LogP contribution in [0.15, 0.2) is 0 Å². The van der Waals surface area contributed by atoms with Gasteiger partial charge in [0.05, 0.1) is 6.54 Å². The Balaban J connectivity index is 2.23. The van der Waals surface area contributed by atoms with E-state index >= 15 is 0 Å². The van der Waals surface area contributed by atoms with Gasteiger partial charge in [0.15, 0.2) is 0 Å². The summed E-state index contributed by atoms with van der Waals surface area (Å²) >= 11 is 0. The molecule has 0 aliphatic carbocycles. The molecule has 0 unspecified atom stereocenters. The van der Waals surface area contributed by atoms with Crippen LogP contribution in [-0.2, 0) is 4.79 Å². The van der Waals surface area contributed by atoms with Gasteiger partial charge in [0.2, 0.25) is 5.91 Å². The largest absolute Gasteiger partial charge is 0.353 e. The van der Waals surface area contributed by atoms with Gasteiger partial charge in [-0.05, 0) is 46.2 Å². The van der Waals surface area contributed by atoms with E-state index in [1.54, 1.807) is 0 Å². The van der Waals surface area contributed by atoms with E-state index < -0.39 is 0 Å². The minimum Gasteiger partial charge on any atom is -0.353 e. The fourth-order valence-corrected chi connectivity index (χ4v) is 2.08. The molecule has 4 heteroatoms. The number of rotatable bonds is 5. The van der Waals surface area contributed by atoms with Crippen LogP contribution in [0.3, 0.4) is 0 Å². The molecule has 2 atom stereocenters. The summed E-state index contributed by atoms with van der Waals surface area (Å²) in [5.74, 6) is 0.785. The number of carbonyl (C=O) groups excluding carboxylic acids is 1. The molecule has 4 nitrogen and oxygen atoms in total. The smallest absolute Gasteiger partial charge is 0.234 e. The summed E-state index contributed by atoms with van der Waals surface area (Å²) in [6, 6.07) is 0.851. The van der Waals surface area contributed by atoms with Gasteiger partial charge in [-0.15, -0.1) is 0 Å². The number of likely N-dealkylation sites (N-methyl/N-ethyl adjacent to an activating group) is 1. The van der Waals surface area contributed by atoms with Crippen molar-refractivity contribution in [1.29, 1.82) is 0 Å². The number of piperidine rings is 1. The van der Waals surface area contributed by atoms with Gasteiger partial charge in [0.1, 0.15) is 0 Å². The molecule has 100 valence electrons. The lowest BCUT2D eigenvalue weighted by molar-refractivity contribution is -0.122. The summed E-state index contributed by atoms with van der Waals surface area (Å²) in [5, 5.41) is 6.50. The Labute approximate surface area is 105 Å². The fourth-order valence-electron chi connectivity index (χ4n) is 2.08. The van der Waals surface area contributed by atoms with E-state index in [9.17, 15) is 4.79 Å². The highest BCUT2D eigenvalue weighted by molar-refractivity contribution is 5.78. The predicted molar refractivity (Wildman–Crippen MR) is 71.0 cm³/mol. The molecule has 0 aromatic carbocycles. The molecular weight excluding hydrogens is 214 g/mol. The van der Waals surface area contributed by atoms with Crippen LogP contribution in [0.4, 0.5) is 0 Å². The molecule has 1 heterocycles. The highest BCUT2D eigenvalue weighted by atomic mass is 16.2. The second-order valence-corrected chi connectivity index (χ2v) is 5.49. The van der Waals surface area contributed by atoms with Crippen molar-refractivity contribution in [3.63, 3.8) is 0 Å². The van der Waals surface area contributed by atoms with Crippen LogP contribution in [0.5, 0.6) is 0 Å². The molecule has 0 spiro atoms. The Morgan fingerprint density at radius 2 is 2.24 bits per heavy atom. The van der Waals surface area contributed by atoms with Crippen molar-refractivity contribution in [2.24, 2.45) is 5.92 Å². The van der Waals surface area contributed by atoms with E-state index in [2.05, 4.69) is 31.4 Å². The molecule has 1 amide bonds. The SMILES string of the molecule is CC(C)N(C)CC(=O)NC[C@H]1NCCC[C@@H]1C. The Morgan fingerprint density at radius 1 is 1.53 bits per heavy atom. The second-order valence-electron chi connectivity index (χ2n) is 5.49. The molecule has 0 aromatic heterocycles. The van der Waals surface area contributed by atoms with Gasteiger partial charge in [0, 0.05) is 18.6 Å². The van der Waals surface area contributed by atoms with Crippen LogP contribution < -0.4 is 10.6 Å². The molecule has 0 radical (unpaired) electrons. The lowest BCUT2D eigenvalue weighted by Gasteiger charge is -2.30. The zero-order chi connectivity index (χ0) is 12.8. The summed E-state index contributed by atoms with van der Waals surface area (Å²) < 4.78 is 0. The minimum absolute atomic E-state index is 0.126. The first-order valence-electron chi connectivity index (χ1n) is 6.71. The molecule has 1 saturated heterocycles. The maximum Gasteiger partial charge on any atom is 0.234 e. The number of hydrogen-bond acceptors (Lipinski definition) is 3. The summed E-state index contributed by atoms with van der Waals surface area (Å²) in [5.41, 5.74) is 0. The Bertz CT molecular complexity index is 243. The lowest BCUT2D eigenvalue weighted by Crippen LogP contribution is -2.49. The van der Waals surface area contributed by atoms with Crippen molar-refractivity contribution in [3.05, 3.63) is 0 Å². The topological polar surface area (TPSA) is 44.4 Å². The van der Waals surface area contributed by atoms with Crippen molar-refractivity contribution < 1.29 is 4.79 Å². The van der Waals surface area contributed by atoms with Crippen LogP contribution in [0, 0.1) is 5.92 Å². The first-order chi connectivity index (χ1) is 8.00. The highest BCUT2D eigenvalue weighted by Crippen LogP contribution is 2.14. The van der Waals surface area contributed by atoms with Crippen LogP contribution >= 0.6 is 0 Å². The Hall–Kier alpha value is -0.610. The third kappa shape index (κ3) is 5.04. The number of hydrogen-bond donors (Lipinski definition) is 2. The quantitative estimate of drug-likeness (QED) is 0.749.